The number of nitrogens with zero attached hydrogens (tertiary/aromatic N) is 1. The number of rotatable bonds is 7. The number of para-hydroxylation sites is 2. The third-order valence-corrected chi connectivity index (χ3v) is 3.94. The number of ether oxygens (including phenoxy) is 1. The Morgan fingerprint density at radius 2 is 1.80 bits per heavy atom. The van der Waals surface area contributed by atoms with Crippen LogP contribution in [0.4, 0.5) is 5.69 Å². The molecule has 0 bridgehead atoms. The summed E-state index contributed by atoms with van der Waals surface area (Å²) in [5.74, 6) is 0.0561. The van der Waals surface area contributed by atoms with Crippen molar-refractivity contribution in [3.63, 3.8) is 0 Å². The number of amides is 2. The Hall–Kier alpha value is -2.53. The quantitative estimate of drug-likeness (QED) is 0.823. The van der Waals surface area contributed by atoms with E-state index in [9.17, 15) is 9.59 Å². The minimum absolute atomic E-state index is 0.0934. The molecule has 2 aromatic rings. The fraction of sp³-hybridized carbons (Fsp3) is 0.263. The lowest BCUT2D eigenvalue weighted by atomic mass is 10.2. The standard InChI is InChI=1S/C19H21ClN2O3/c1-3-25-18-11-7-6-10-17(18)22(14(2)23)13-19(24)21-12-15-8-4-5-9-16(15)20/h4-11H,3,12-13H2,1-2H3,(H,21,24). The minimum Gasteiger partial charge on any atom is -0.492 e. The van der Waals surface area contributed by atoms with Gasteiger partial charge in [0.15, 0.2) is 0 Å². The first-order chi connectivity index (χ1) is 12.0. The van der Waals surface area contributed by atoms with E-state index in [1.807, 2.05) is 31.2 Å². The summed E-state index contributed by atoms with van der Waals surface area (Å²) < 4.78 is 5.55. The molecule has 0 spiro atoms. The van der Waals surface area contributed by atoms with Crippen molar-refractivity contribution in [2.45, 2.75) is 20.4 Å². The Morgan fingerprint density at radius 1 is 1.12 bits per heavy atom. The molecule has 25 heavy (non-hydrogen) atoms. The molecule has 0 aliphatic carbocycles. The Labute approximate surface area is 152 Å². The van der Waals surface area contributed by atoms with Crippen molar-refractivity contribution in [3.8, 4) is 5.75 Å². The number of nitrogens with one attached hydrogen (secondary N) is 1. The van der Waals surface area contributed by atoms with Crippen LogP contribution in [0.1, 0.15) is 19.4 Å². The molecular weight excluding hydrogens is 340 g/mol. The van der Waals surface area contributed by atoms with Crippen LogP contribution in [0, 0.1) is 0 Å². The van der Waals surface area contributed by atoms with Gasteiger partial charge in [-0.3, -0.25) is 14.5 Å². The first-order valence-electron chi connectivity index (χ1n) is 8.03. The van der Waals surface area contributed by atoms with Gasteiger partial charge in [0, 0.05) is 18.5 Å². The topological polar surface area (TPSA) is 58.6 Å². The summed E-state index contributed by atoms with van der Waals surface area (Å²) in [5.41, 5.74) is 1.39. The maximum atomic E-state index is 12.3. The van der Waals surface area contributed by atoms with Crippen molar-refractivity contribution in [2.75, 3.05) is 18.1 Å². The second kappa shape index (κ2) is 9.08. The number of benzene rings is 2. The maximum absolute atomic E-state index is 12.3. The normalized spacial score (nSPS) is 10.2. The zero-order valence-corrected chi connectivity index (χ0v) is 15.0. The van der Waals surface area contributed by atoms with Crippen molar-refractivity contribution in [1.82, 2.24) is 5.32 Å². The van der Waals surface area contributed by atoms with E-state index in [0.717, 1.165) is 5.56 Å². The average Bonchev–Trinajstić information content (AvgIpc) is 2.60. The number of hydrogen-bond donors (Lipinski definition) is 1. The molecule has 132 valence electrons. The van der Waals surface area contributed by atoms with E-state index in [1.165, 1.54) is 11.8 Å². The molecule has 0 unspecified atom stereocenters. The number of halogens is 1. The molecule has 0 aromatic heterocycles. The Bertz CT molecular complexity index is 749. The van der Waals surface area contributed by atoms with Crippen molar-refractivity contribution in [2.24, 2.45) is 0 Å². The molecule has 0 fully saturated rings. The highest BCUT2D eigenvalue weighted by Crippen LogP contribution is 2.28. The molecule has 0 radical (unpaired) electrons. The summed E-state index contributed by atoms with van der Waals surface area (Å²) in [7, 11) is 0. The third kappa shape index (κ3) is 5.22. The van der Waals surface area contributed by atoms with Gasteiger partial charge in [-0.1, -0.05) is 41.9 Å². The lowest BCUT2D eigenvalue weighted by Crippen LogP contribution is -2.39. The van der Waals surface area contributed by atoms with Gasteiger partial charge in [0.25, 0.3) is 0 Å². The van der Waals surface area contributed by atoms with Gasteiger partial charge in [-0.15, -0.1) is 0 Å². The maximum Gasteiger partial charge on any atom is 0.240 e. The minimum atomic E-state index is -0.276. The van der Waals surface area contributed by atoms with Gasteiger partial charge in [0.2, 0.25) is 11.8 Å². The molecule has 1 N–H and O–H groups in total. The van der Waals surface area contributed by atoms with E-state index in [4.69, 9.17) is 16.3 Å². The van der Waals surface area contributed by atoms with E-state index in [-0.39, 0.29) is 18.4 Å². The van der Waals surface area contributed by atoms with Crippen LogP contribution >= 0.6 is 11.6 Å². The van der Waals surface area contributed by atoms with Crippen LogP contribution in [0.2, 0.25) is 5.02 Å². The SMILES string of the molecule is CCOc1ccccc1N(CC(=O)NCc1ccccc1Cl)C(C)=O. The molecule has 5 nitrogen and oxygen atoms in total. The van der Waals surface area contributed by atoms with Crippen LogP contribution in [0.5, 0.6) is 5.75 Å². The molecule has 0 aliphatic heterocycles. The van der Waals surface area contributed by atoms with E-state index >= 15 is 0 Å². The van der Waals surface area contributed by atoms with Crippen molar-refractivity contribution < 1.29 is 14.3 Å². The number of hydrogen-bond acceptors (Lipinski definition) is 3. The molecule has 0 aliphatic rings. The summed E-state index contributed by atoms with van der Waals surface area (Å²) >= 11 is 6.08. The second-order valence-corrected chi connectivity index (χ2v) is 5.78. The van der Waals surface area contributed by atoms with Crippen molar-refractivity contribution in [1.29, 1.82) is 0 Å². The van der Waals surface area contributed by atoms with Gasteiger partial charge >= 0.3 is 0 Å². The van der Waals surface area contributed by atoms with Crippen LogP contribution in [-0.2, 0) is 16.1 Å². The van der Waals surface area contributed by atoms with Crippen molar-refractivity contribution in [3.05, 3.63) is 59.1 Å². The second-order valence-electron chi connectivity index (χ2n) is 5.37. The molecule has 2 aromatic carbocycles. The fourth-order valence-corrected chi connectivity index (χ4v) is 2.56. The van der Waals surface area contributed by atoms with Crippen molar-refractivity contribution >= 4 is 29.1 Å². The van der Waals surface area contributed by atoms with Crippen LogP contribution in [0.25, 0.3) is 0 Å². The highest BCUT2D eigenvalue weighted by molar-refractivity contribution is 6.31. The monoisotopic (exact) mass is 360 g/mol. The first-order valence-corrected chi connectivity index (χ1v) is 8.40. The van der Waals surface area contributed by atoms with Gasteiger partial charge in [0.1, 0.15) is 12.3 Å². The van der Waals surface area contributed by atoms with Crippen LogP contribution in [0.15, 0.2) is 48.5 Å². The summed E-state index contributed by atoms with van der Waals surface area (Å²) in [6.07, 6.45) is 0. The molecule has 2 rings (SSSR count). The zero-order valence-electron chi connectivity index (χ0n) is 14.3. The van der Waals surface area contributed by atoms with Gasteiger partial charge in [-0.05, 0) is 30.7 Å². The fourth-order valence-electron chi connectivity index (χ4n) is 2.36. The summed E-state index contributed by atoms with van der Waals surface area (Å²) in [6.45, 7) is 3.97. The van der Waals surface area contributed by atoms with Crippen LogP contribution in [-0.4, -0.2) is 25.0 Å². The predicted molar refractivity (Wildman–Crippen MR) is 98.9 cm³/mol. The van der Waals surface area contributed by atoms with E-state index in [2.05, 4.69) is 5.32 Å². The molecule has 0 heterocycles. The number of carbonyl (C=O) groups excluding carboxylic acids is 2. The smallest absolute Gasteiger partial charge is 0.240 e. The van der Waals surface area contributed by atoms with Crippen LogP contribution < -0.4 is 15.0 Å². The summed E-state index contributed by atoms with van der Waals surface area (Å²) in [5, 5.41) is 3.38. The van der Waals surface area contributed by atoms with E-state index in [0.29, 0.717) is 29.6 Å². The molecule has 0 saturated carbocycles. The summed E-state index contributed by atoms with van der Waals surface area (Å²) in [6, 6.07) is 14.5. The Morgan fingerprint density at radius 3 is 2.48 bits per heavy atom. The predicted octanol–water partition coefficient (Wildman–Crippen LogP) is 3.41. The number of carbonyl (C=O) groups is 2. The van der Waals surface area contributed by atoms with Gasteiger partial charge < -0.3 is 10.1 Å². The summed E-state index contributed by atoms with van der Waals surface area (Å²) in [4.78, 5) is 25.7. The van der Waals surface area contributed by atoms with E-state index in [1.54, 1.807) is 24.3 Å². The highest BCUT2D eigenvalue weighted by atomic mass is 35.5. The van der Waals surface area contributed by atoms with Gasteiger partial charge in [0.05, 0.1) is 12.3 Å². The van der Waals surface area contributed by atoms with E-state index < -0.39 is 0 Å². The lowest BCUT2D eigenvalue weighted by Gasteiger charge is -2.23. The Balaban J connectivity index is 2.08. The molecule has 2 amide bonds. The molecule has 6 heteroatoms. The zero-order chi connectivity index (χ0) is 18.2. The largest absolute Gasteiger partial charge is 0.492 e. The van der Waals surface area contributed by atoms with Crippen LogP contribution in [0.3, 0.4) is 0 Å². The molecule has 0 atom stereocenters. The molecular formula is C19H21ClN2O3. The number of anilines is 1. The Kier molecular flexibility index (Phi) is 6.83. The van der Waals surface area contributed by atoms with Gasteiger partial charge in [-0.2, -0.15) is 0 Å². The van der Waals surface area contributed by atoms with Gasteiger partial charge in [-0.25, -0.2) is 0 Å². The highest BCUT2D eigenvalue weighted by Gasteiger charge is 2.19. The lowest BCUT2D eigenvalue weighted by molar-refractivity contribution is -0.123. The average molecular weight is 361 g/mol. The third-order valence-electron chi connectivity index (χ3n) is 3.57. The first kappa shape index (κ1) is 18.8. The molecule has 0 saturated heterocycles.